The van der Waals surface area contributed by atoms with Gasteiger partial charge in [-0.2, -0.15) is 11.3 Å². The van der Waals surface area contributed by atoms with E-state index in [0.717, 1.165) is 11.1 Å². The maximum absolute atomic E-state index is 11.8. The summed E-state index contributed by atoms with van der Waals surface area (Å²) in [4.78, 5) is 23.5. The lowest BCUT2D eigenvalue weighted by molar-refractivity contribution is -0.136. The van der Waals surface area contributed by atoms with Gasteiger partial charge >= 0.3 is 11.8 Å². The SMILES string of the molecule is Cc1ccccc1NC(=O)C(=O)NCC(O)c1ccsc1. The number of nitrogens with one attached hydrogen (secondary N) is 2. The van der Waals surface area contributed by atoms with Crippen molar-refractivity contribution >= 4 is 28.8 Å². The number of benzene rings is 1. The number of anilines is 1. The number of aliphatic hydroxyl groups is 1. The molecule has 21 heavy (non-hydrogen) atoms. The van der Waals surface area contributed by atoms with Crippen molar-refractivity contribution in [2.75, 3.05) is 11.9 Å². The predicted molar refractivity (Wildman–Crippen MR) is 82.1 cm³/mol. The Hall–Kier alpha value is -2.18. The molecular formula is C15H16N2O3S. The molecule has 1 heterocycles. The number of hydrogen-bond donors (Lipinski definition) is 3. The van der Waals surface area contributed by atoms with Crippen LogP contribution < -0.4 is 10.6 Å². The van der Waals surface area contributed by atoms with Gasteiger partial charge in [0.05, 0.1) is 6.10 Å². The number of aliphatic hydroxyl groups excluding tert-OH is 1. The molecule has 1 aromatic carbocycles. The number of aryl methyl sites for hydroxylation is 1. The van der Waals surface area contributed by atoms with Gasteiger partial charge in [-0.3, -0.25) is 9.59 Å². The molecule has 0 spiro atoms. The van der Waals surface area contributed by atoms with Crippen molar-refractivity contribution in [2.45, 2.75) is 13.0 Å². The third kappa shape index (κ3) is 4.14. The number of para-hydroxylation sites is 1. The normalized spacial score (nSPS) is 11.7. The number of hydrogen-bond acceptors (Lipinski definition) is 4. The molecular weight excluding hydrogens is 288 g/mol. The van der Waals surface area contributed by atoms with E-state index in [-0.39, 0.29) is 6.54 Å². The van der Waals surface area contributed by atoms with Crippen LogP contribution in [0.2, 0.25) is 0 Å². The Labute approximate surface area is 126 Å². The second-order valence-electron chi connectivity index (χ2n) is 4.55. The van der Waals surface area contributed by atoms with Crippen molar-refractivity contribution in [1.29, 1.82) is 0 Å². The average molecular weight is 304 g/mol. The van der Waals surface area contributed by atoms with Crippen LogP contribution in [0.25, 0.3) is 0 Å². The van der Waals surface area contributed by atoms with E-state index in [1.54, 1.807) is 23.6 Å². The summed E-state index contributed by atoms with van der Waals surface area (Å²) < 4.78 is 0. The zero-order valence-electron chi connectivity index (χ0n) is 11.5. The van der Waals surface area contributed by atoms with Crippen molar-refractivity contribution < 1.29 is 14.7 Å². The maximum atomic E-state index is 11.8. The lowest BCUT2D eigenvalue weighted by atomic mass is 10.2. The molecule has 2 amide bonds. The molecule has 5 nitrogen and oxygen atoms in total. The van der Waals surface area contributed by atoms with Gasteiger partial charge in [0.1, 0.15) is 0 Å². The zero-order valence-corrected chi connectivity index (χ0v) is 12.3. The van der Waals surface area contributed by atoms with Crippen LogP contribution in [0.1, 0.15) is 17.2 Å². The van der Waals surface area contributed by atoms with Crippen LogP contribution in [0, 0.1) is 6.92 Å². The summed E-state index contributed by atoms with van der Waals surface area (Å²) in [6.45, 7) is 1.84. The van der Waals surface area contributed by atoms with Gasteiger partial charge in [0.15, 0.2) is 0 Å². The van der Waals surface area contributed by atoms with Gasteiger partial charge in [0.25, 0.3) is 0 Å². The average Bonchev–Trinajstić information content (AvgIpc) is 3.01. The van der Waals surface area contributed by atoms with E-state index in [0.29, 0.717) is 5.69 Å². The fourth-order valence-corrected chi connectivity index (χ4v) is 2.45. The molecule has 0 fully saturated rings. The summed E-state index contributed by atoms with van der Waals surface area (Å²) in [5.74, 6) is -1.52. The number of amides is 2. The molecule has 0 saturated heterocycles. The Kier molecular flexibility index (Phi) is 5.08. The quantitative estimate of drug-likeness (QED) is 0.754. The number of rotatable bonds is 4. The van der Waals surface area contributed by atoms with E-state index >= 15 is 0 Å². The van der Waals surface area contributed by atoms with E-state index in [2.05, 4.69) is 10.6 Å². The molecule has 0 aliphatic heterocycles. The van der Waals surface area contributed by atoms with E-state index in [1.165, 1.54) is 11.3 Å². The van der Waals surface area contributed by atoms with Crippen LogP contribution in [0.5, 0.6) is 0 Å². The van der Waals surface area contributed by atoms with E-state index < -0.39 is 17.9 Å². The van der Waals surface area contributed by atoms with E-state index in [9.17, 15) is 14.7 Å². The summed E-state index contributed by atoms with van der Waals surface area (Å²) in [6.07, 6.45) is -0.813. The van der Waals surface area contributed by atoms with Crippen molar-refractivity contribution in [3.63, 3.8) is 0 Å². The van der Waals surface area contributed by atoms with Crippen LogP contribution in [0.15, 0.2) is 41.1 Å². The lowest BCUT2D eigenvalue weighted by Crippen LogP contribution is -2.37. The number of carbonyl (C=O) groups excluding carboxylic acids is 2. The Bertz CT molecular complexity index is 626. The first-order valence-electron chi connectivity index (χ1n) is 6.43. The lowest BCUT2D eigenvalue weighted by Gasteiger charge is -2.11. The van der Waals surface area contributed by atoms with Crippen LogP contribution >= 0.6 is 11.3 Å². The molecule has 0 radical (unpaired) electrons. The highest BCUT2D eigenvalue weighted by Gasteiger charge is 2.16. The first kappa shape index (κ1) is 15.2. The van der Waals surface area contributed by atoms with E-state index in [4.69, 9.17) is 0 Å². The molecule has 1 aromatic heterocycles. The number of carbonyl (C=O) groups is 2. The minimum Gasteiger partial charge on any atom is -0.387 e. The minimum atomic E-state index is -0.813. The Morgan fingerprint density at radius 2 is 2.00 bits per heavy atom. The van der Waals surface area contributed by atoms with Gasteiger partial charge in [-0.25, -0.2) is 0 Å². The second kappa shape index (κ2) is 7.01. The molecule has 6 heteroatoms. The van der Waals surface area contributed by atoms with Gasteiger partial charge in [-0.1, -0.05) is 18.2 Å². The third-order valence-electron chi connectivity index (χ3n) is 2.98. The molecule has 110 valence electrons. The number of thiophene rings is 1. The Morgan fingerprint density at radius 3 is 2.67 bits per heavy atom. The van der Waals surface area contributed by atoms with Gasteiger partial charge < -0.3 is 15.7 Å². The highest BCUT2D eigenvalue weighted by atomic mass is 32.1. The van der Waals surface area contributed by atoms with Crippen LogP contribution in [-0.4, -0.2) is 23.5 Å². The molecule has 1 unspecified atom stereocenters. The van der Waals surface area contributed by atoms with Crippen molar-refractivity contribution in [3.8, 4) is 0 Å². The van der Waals surface area contributed by atoms with Crippen LogP contribution in [0.3, 0.4) is 0 Å². The highest BCUT2D eigenvalue weighted by molar-refractivity contribution is 7.07. The second-order valence-corrected chi connectivity index (χ2v) is 5.33. The smallest absolute Gasteiger partial charge is 0.313 e. The summed E-state index contributed by atoms with van der Waals surface area (Å²) in [7, 11) is 0. The minimum absolute atomic E-state index is 0.00322. The maximum Gasteiger partial charge on any atom is 0.313 e. The first-order chi connectivity index (χ1) is 10.1. The largest absolute Gasteiger partial charge is 0.387 e. The summed E-state index contributed by atoms with van der Waals surface area (Å²) in [5, 5.41) is 18.4. The molecule has 2 rings (SSSR count). The van der Waals surface area contributed by atoms with Crippen LogP contribution in [0.4, 0.5) is 5.69 Å². The predicted octanol–water partition coefficient (Wildman–Crippen LogP) is 1.84. The Morgan fingerprint density at radius 1 is 1.24 bits per heavy atom. The molecule has 0 bridgehead atoms. The Balaban J connectivity index is 1.86. The fourth-order valence-electron chi connectivity index (χ4n) is 1.74. The first-order valence-corrected chi connectivity index (χ1v) is 7.37. The third-order valence-corrected chi connectivity index (χ3v) is 3.68. The monoisotopic (exact) mass is 304 g/mol. The van der Waals surface area contributed by atoms with E-state index in [1.807, 2.05) is 24.4 Å². The van der Waals surface area contributed by atoms with Gasteiger partial charge in [-0.15, -0.1) is 0 Å². The highest BCUT2D eigenvalue weighted by Crippen LogP contribution is 2.15. The van der Waals surface area contributed by atoms with Crippen molar-refractivity contribution in [1.82, 2.24) is 5.32 Å². The molecule has 3 N–H and O–H groups in total. The molecule has 1 atom stereocenters. The van der Waals surface area contributed by atoms with Gasteiger partial charge in [0, 0.05) is 12.2 Å². The standard InChI is InChI=1S/C15H16N2O3S/c1-10-4-2-3-5-12(10)17-15(20)14(19)16-8-13(18)11-6-7-21-9-11/h2-7,9,13,18H,8H2,1H3,(H,16,19)(H,17,20). The van der Waals surface area contributed by atoms with Crippen molar-refractivity contribution in [2.24, 2.45) is 0 Å². The summed E-state index contributed by atoms with van der Waals surface area (Å²) in [5.41, 5.74) is 2.19. The molecule has 2 aromatic rings. The topological polar surface area (TPSA) is 78.4 Å². The van der Waals surface area contributed by atoms with Gasteiger partial charge in [-0.05, 0) is 40.9 Å². The fraction of sp³-hybridized carbons (Fsp3) is 0.200. The zero-order chi connectivity index (χ0) is 15.2. The molecule has 0 aliphatic rings. The molecule has 0 aliphatic carbocycles. The molecule has 0 saturated carbocycles. The van der Waals surface area contributed by atoms with Crippen molar-refractivity contribution in [3.05, 3.63) is 52.2 Å². The summed E-state index contributed by atoms with van der Waals surface area (Å²) in [6, 6.07) is 8.96. The summed E-state index contributed by atoms with van der Waals surface area (Å²) >= 11 is 1.46. The van der Waals surface area contributed by atoms with Crippen LogP contribution in [-0.2, 0) is 9.59 Å². The van der Waals surface area contributed by atoms with Gasteiger partial charge in [0.2, 0.25) is 0 Å².